The van der Waals surface area contributed by atoms with Gasteiger partial charge in [0.1, 0.15) is 19.2 Å². The van der Waals surface area contributed by atoms with Crippen LogP contribution in [-0.4, -0.2) is 40.0 Å². The smallest absolute Gasteiger partial charge is 0.201 e. The molecule has 1 saturated heterocycles. The molecule has 1 N–H and O–H groups in total. The van der Waals surface area contributed by atoms with E-state index in [0.717, 1.165) is 18.7 Å². The maximum atomic E-state index is 9.50. The van der Waals surface area contributed by atoms with Crippen molar-refractivity contribution in [2.24, 2.45) is 0 Å². The monoisotopic (exact) mass is 277 g/mol. The summed E-state index contributed by atoms with van der Waals surface area (Å²) in [6.07, 6.45) is 0. The number of hydrogen-bond acceptors (Lipinski definition) is 4. The van der Waals surface area contributed by atoms with Crippen molar-refractivity contribution in [2.75, 3.05) is 40.0 Å². The highest BCUT2D eigenvalue weighted by Gasteiger charge is 2.27. The van der Waals surface area contributed by atoms with Crippen LogP contribution in [0.15, 0.2) is 18.2 Å². The van der Waals surface area contributed by atoms with Gasteiger partial charge < -0.3 is 19.1 Å². The van der Waals surface area contributed by atoms with Crippen LogP contribution in [-0.2, 0) is 4.74 Å². The number of quaternary nitrogens is 1. The summed E-state index contributed by atoms with van der Waals surface area (Å²) in [6, 6.07) is 7.94. The Morgan fingerprint density at radius 3 is 2.70 bits per heavy atom. The SMILES string of the molecule is CCOc1cc([C@@H](C#N)[NH+]2CCOCC2)ccc1OC. The van der Waals surface area contributed by atoms with Gasteiger partial charge >= 0.3 is 0 Å². The molecule has 0 radical (unpaired) electrons. The Bertz CT molecular complexity index is 478. The van der Waals surface area contributed by atoms with Crippen LogP contribution in [0.3, 0.4) is 0 Å². The molecule has 2 rings (SSSR count). The van der Waals surface area contributed by atoms with Crippen LogP contribution in [0.25, 0.3) is 0 Å². The third-order valence-electron chi connectivity index (χ3n) is 3.49. The molecule has 1 aliphatic rings. The first-order chi connectivity index (χ1) is 9.80. The Morgan fingerprint density at radius 1 is 1.35 bits per heavy atom. The summed E-state index contributed by atoms with van der Waals surface area (Å²) >= 11 is 0. The van der Waals surface area contributed by atoms with E-state index in [-0.39, 0.29) is 6.04 Å². The molecule has 20 heavy (non-hydrogen) atoms. The van der Waals surface area contributed by atoms with Crippen molar-refractivity contribution in [3.05, 3.63) is 23.8 Å². The number of nitriles is 1. The summed E-state index contributed by atoms with van der Waals surface area (Å²) in [5.74, 6) is 1.39. The third-order valence-corrected chi connectivity index (χ3v) is 3.49. The summed E-state index contributed by atoms with van der Waals surface area (Å²) in [5, 5.41) is 9.50. The van der Waals surface area contributed by atoms with Gasteiger partial charge in [-0.05, 0) is 25.1 Å². The molecule has 1 aromatic rings. The van der Waals surface area contributed by atoms with E-state index in [4.69, 9.17) is 14.2 Å². The second-order valence-corrected chi connectivity index (χ2v) is 4.68. The first kappa shape index (κ1) is 14.6. The number of nitrogens with one attached hydrogen (secondary N) is 1. The van der Waals surface area contributed by atoms with Crippen LogP contribution >= 0.6 is 0 Å². The fraction of sp³-hybridized carbons (Fsp3) is 0.533. The standard InChI is InChI=1S/C15H20N2O3/c1-3-20-15-10-12(4-5-14(15)18-2)13(11-16)17-6-8-19-9-7-17/h4-5,10,13H,3,6-9H2,1-2H3/p+1/t13-/m1/s1. The third kappa shape index (κ3) is 3.21. The first-order valence-corrected chi connectivity index (χ1v) is 6.92. The second kappa shape index (κ2) is 7.13. The lowest BCUT2D eigenvalue weighted by molar-refractivity contribution is -0.930. The molecule has 1 fully saturated rings. The summed E-state index contributed by atoms with van der Waals surface area (Å²) in [4.78, 5) is 1.24. The fourth-order valence-electron chi connectivity index (χ4n) is 2.46. The molecule has 0 bridgehead atoms. The quantitative estimate of drug-likeness (QED) is 0.855. The van der Waals surface area contributed by atoms with Crippen molar-refractivity contribution in [1.29, 1.82) is 5.26 Å². The molecule has 1 heterocycles. The first-order valence-electron chi connectivity index (χ1n) is 6.92. The Kier molecular flexibility index (Phi) is 5.22. The van der Waals surface area contributed by atoms with Crippen molar-refractivity contribution >= 4 is 0 Å². The Labute approximate surface area is 119 Å². The molecule has 0 aliphatic carbocycles. The highest BCUT2D eigenvalue weighted by atomic mass is 16.5. The molecule has 5 heteroatoms. The minimum Gasteiger partial charge on any atom is -0.493 e. The van der Waals surface area contributed by atoms with Gasteiger partial charge in [0.2, 0.25) is 6.04 Å². The van der Waals surface area contributed by atoms with Gasteiger partial charge in [0.15, 0.2) is 11.5 Å². The number of methoxy groups -OCH3 is 1. The van der Waals surface area contributed by atoms with Gasteiger partial charge in [-0.25, -0.2) is 0 Å². The largest absolute Gasteiger partial charge is 0.493 e. The van der Waals surface area contributed by atoms with Gasteiger partial charge in [-0.1, -0.05) is 0 Å². The zero-order chi connectivity index (χ0) is 14.4. The van der Waals surface area contributed by atoms with Gasteiger partial charge in [0, 0.05) is 5.56 Å². The number of rotatable bonds is 5. The number of morpholine rings is 1. The molecular formula is C15H21N2O3+. The maximum absolute atomic E-state index is 9.50. The van der Waals surface area contributed by atoms with E-state index in [0.29, 0.717) is 31.3 Å². The lowest BCUT2D eigenvalue weighted by Crippen LogP contribution is -3.14. The molecule has 0 saturated carbocycles. The number of ether oxygens (including phenoxy) is 3. The lowest BCUT2D eigenvalue weighted by atomic mass is 10.1. The van der Waals surface area contributed by atoms with Crippen molar-refractivity contribution in [3.8, 4) is 17.6 Å². The predicted molar refractivity (Wildman–Crippen MR) is 74.0 cm³/mol. The minimum absolute atomic E-state index is 0.191. The molecule has 1 aliphatic heterocycles. The van der Waals surface area contributed by atoms with Crippen LogP contribution < -0.4 is 14.4 Å². The Hall–Kier alpha value is -1.77. The molecule has 0 unspecified atom stereocenters. The van der Waals surface area contributed by atoms with Gasteiger partial charge in [-0.3, -0.25) is 0 Å². The lowest BCUT2D eigenvalue weighted by Gasteiger charge is -2.28. The zero-order valence-electron chi connectivity index (χ0n) is 12.0. The van der Waals surface area contributed by atoms with Crippen LogP contribution in [0.2, 0.25) is 0 Å². The van der Waals surface area contributed by atoms with Crippen molar-refractivity contribution in [2.45, 2.75) is 13.0 Å². The Balaban J connectivity index is 2.25. The fourth-order valence-corrected chi connectivity index (χ4v) is 2.46. The molecule has 5 nitrogen and oxygen atoms in total. The van der Waals surface area contributed by atoms with E-state index in [1.807, 2.05) is 25.1 Å². The minimum atomic E-state index is -0.191. The van der Waals surface area contributed by atoms with Crippen LogP contribution in [0, 0.1) is 11.3 Å². The molecular weight excluding hydrogens is 256 g/mol. The van der Waals surface area contributed by atoms with Crippen molar-refractivity contribution < 1.29 is 19.1 Å². The van der Waals surface area contributed by atoms with Gasteiger partial charge in [-0.15, -0.1) is 0 Å². The highest BCUT2D eigenvalue weighted by Crippen LogP contribution is 2.29. The Morgan fingerprint density at radius 2 is 2.10 bits per heavy atom. The van der Waals surface area contributed by atoms with Crippen LogP contribution in [0.1, 0.15) is 18.5 Å². The van der Waals surface area contributed by atoms with Gasteiger partial charge in [-0.2, -0.15) is 5.26 Å². The van der Waals surface area contributed by atoms with Gasteiger partial charge in [0.05, 0.1) is 26.9 Å². The van der Waals surface area contributed by atoms with E-state index >= 15 is 0 Å². The van der Waals surface area contributed by atoms with E-state index in [9.17, 15) is 5.26 Å². The average Bonchev–Trinajstić information content (AvgIpc) is 2.50. The van der Waals surface area contributed by atoms with Crippen molar-refractivity contribution in [1.82, 2.24) is 0 Å². The summed E-state index contributed by atoms with van der Waals surface area (Å²) in [7, 11) is 1.62. The number of nitrogens with zero attached hydrogens (tertiary/aromatic N) is 1. The average molecular weight is 277 g/mol. The van der Waals surface area contributed by atoms with Crippen LogP contribution in [0.5, 0.6) is 11.5 Å². The van der Waals surface area contributed by atoms with E-state index in [2.05, 4.69) is 6.07 Å². The highest BCUT2D eigenvalue weighted by molar-refractivity contribution is 5.44. The summed E-state index contributed by atoms with van der Waals surface area (Å²) in [5.41, 5.74) is 0.966. The molecule has 108 valence electrons. The summed E-state index contributed by atoms with van der Waals surface area (Å²) in [6.45, 7) is 5.63. The molecule has 1 aromatic carbocycles. The van der Waals surface area contributed by atoms with Crippen LogP contribution in [0.4, 0.5) is 0 Å². The topological polar surface area (TPSA) is 55.9 Å². The molecule has 0 spiro atoms. The number of benzene rings is 1. The maximum Gasteiger partial charge on any atom is 0.201 e. The van der Waals surface area contributed by atoms with E-state index in [1.54, 1.807) is 7.11 Å². The second-order valence-electron chi connectivity index (χ2n) is 4.68. The van der Waals surface area contributed by atoms with Gasteiger partial charge in [0.25, 0.3) is 0 Å². The van der Waals surface area contributed by atoms with E-state index < -0.39 is 0 Å². The molecule has 1 atom stereocenters. The van der Waals surface area contributed by atoms with Crippen molar-refractivity contribution in [3.63, 3.8) is 0 Å². The van der Waals surface area contributed by atoms with E-state index in [1.165, 1.54) is 4.90 Å². The predicted octanol–water partition coefficient (Wildman–Crippen LogP) is 0.574. The normalized spacial score (nSPS) is 17.2. The summed E-state index contributed by atoms with van der Waals surface area (Å²) < 4.78 is 16.2. The molecule has 0 amide bonds. The zero-order valence-corrected chi connectivity index (χ0v) is 12.0. The number of hydrogen-bond donors (Lipinski definition) is 1. The molecule has 0 aromatic heterocycles.